The Morgan fingerprint density at radius 1 is 0.388 bits per heavy atom. The van der Waals surface area contributed by atoms with Crippen LogP contribution >= 0.6 is 0 Å². The zero-order chi connectivity index (χ0) is 34.3. The Balaban J connectivity index is 1.74. The van der Waals surface area contributed by atoms with Crippen molar-refractivity contribution in [3.05, 3.63) is 184 Å². The summed E-state index contributed by atoms with van der Waals surface area (Å²) >= 11 is 0. The van der Waals surface area contributed by atoms with E-state index in [-0.39, 0.29) is 0 Å². The summed E-state index contributed by atoms with van der Waals surface area (Å²) < 4.78 is 0. The fourth-order valence-corrected chi connectivity index (χ4v) is 14.8. The van der Waals surface area contributed by atoms with Gasteiger partial charge in [0.25, 0.3) is 0 Å². The second kappa shape index (κ2) is 13.1. The highest BCUT2D eigenvalue weighted by atomic mass is 28.3. The van der Waals surface area contributed by atoms with Crippen LogP contribution in [0, 0.1) is 26.7 Å². The van der Waals surface area contributed by atoms with Gasteiger partial charge in [0.15, 0.2) is 8.07 Å². The molecule has 0 radical (unpaired) electrons. The maximum Gasteiger partial charge on any atom is 0.178 e. The smallest absolute Gasteiger partial charge is 0.0636 e. The van der Waals surface area contributed by atoms with Gasteiger partial charge < -0.3 is 0 Å². The molecule has 6 aromatic rings. The fourth-order valence-electron chi connectivity index (χ4n) is 8.46. The predicted octanol–water partition coefficient (Wildman–Crippen LogP) is 10.9. The molecular weight excluding hydrogens is 605 g/mol. The molecule has 0 N–H and O–H groups in total. The minimum Gasteiger partial charge on any atom is -0.0636 e. The lowest BCUT2D eigenvalue weighted by Gasteiger charge is -2.42. The number of hydrogen-bond donors (Lipinski definition) is 0. The first-order valence-electron chi connectivity index (χ1n) is 17.6. The van der Waals surface area contributed by atoms with Crippen molar-refractivity contribution in [2.24, 2.45) is 5.92 Å². The molecule has 0 heterocycles. The normalized spacial score (nSPS) is 14.9. The number of benzene rings is 6. The van der Waals surface area contributed by atoms with E-state index >= 15 is 0 Å². The number of aryl methyl sites for hydroxylation is 3. The summed E-state index contributed by atoms with van der Waals surface area (Å²) in [5.41, 5.74) is 16.0. The summed E-state index contributed by atoms with van der Waals surface area (Å²) in [5, 5.41) is 5.95. The molecule has 0 amide bonds. The van der Waals surface area contributed by atoms with E-state index in [1.54, 1.807) is 5.20 Å². The van der Waals surface area contributed by atoms with Gasteiger partial charge in [-0.15, -0.1) is 0 Å². The first kappa shape index (κ1) is 32.6. The molecule has 0 bridgehead atoms. The molecule has 0 spiro atoms. The highest BCUT2D eigenvalue weighted by Gasteiger charge is 2.51. The van der Waals surface area contributed by atoms with E-state index in [0.29, 0.717) is 5.92 Å². The highest BCUT2D eigenvalue weighted by Crippen LogP contribution is 2.44. The summed E-state index contributed by atoms with van der Waals surface area (Å²) in [5.74, 6) is 0.299. The van der Waals surface area contributed by atoms with Gasteiger partial charge in [-0.1, -0.05) is 186 Å². The van der Waals surface area contributed by atoms with Crippen LogP contribution in [0.15, 0.2) is 168 Å². The molecule has 7 rings (SSSR count). The van der Waals surface area contributed by atoms with E-state index in [1.807, 2.05) is 0 Å². The molecule has 0 aromatic heterocycles. The number of allylic oxidation sites excluding steroid dienone is 4. The molecule has 1 aliphatic rings. The van der Waals surface area contributed by atoms with Crippen molar-refractivity contribution in [1.82, 2.24) is 0 Å². The van der Waals surface area contributed by atoms with Crippen LogP contribution in [0.25, 0.3) is 33.4 Å². The molecule has 1 unspecified atom stereocenters. The van der Waals surface area contributed by atoms with Gasteiger partial charge in [0.2, 0.25) is 0 Å². The minimum atomic E-state index is -3.10. The zero-order valence-electron chi connectivity index (χ0n) is 29.9. The van der Waals surface area contributed by atoms with Crippen molar-refractivity contribution in [3.63, 3.8) is 0 Å². The summed E-state index contributed by atoms with van der Waals surface area (Å²) in [6, 6.07) is 55.3. The quantitative estimate of drug-likeness (QED) is 0.119. The topological polar surface area (TPSA) is 0 Å². The second-order valence-electron chi connectivity index (χ2n) is 14.1. The first-order chi connectivity index (χ1) is 23.7. The number of hydrogen-bond acceptors (Lipinski definition) is 0. The molecule has 49 heavy (non-hydrogen) atoms. The van der Waals surface area contributed by atoms with Crippen LogP contribution in [0.3, 0.4) is 0 Å². The molecule has 1 heteroatoms. The van der Waals surface area contributed by atoms with Gasteiger partial charge in [-0.05, 0) is 102 Å². The molecule has 0 aliphatic heterocycles. The third-order valence-electron chi connectivity index (χ3n) is 11.0. The lowest BCUT2D eigenvalue weighted by atomic mass is 10.0. The maximum atomic E-state index is 2.47. The van der Waals surface area contributed by atoms with Gasteiger partial charge in [0.05, 0.1) is 0 Å². The largest absolute Gasteiger partial charge is 0.178 e. The Morgan fingerprint density at radius 3 is 1.04 bits per heavy atom. The summed E-state index contributed by atoms with van der Waals surface area (Å²) in [6.07, 6.45) is 0. The van der Waals surface area contributed by atoms with Gasteiger partial charge in [0.1, 0.15) is 0 Å². The molecule has 6 aromatic carbocycles. The van der Waals surface area contributed by atoms with Crippen LogP contribution in [0.5, 0.6) is 0 Å². The van der Waals surface area contributed by atoms with Crippen molar-refractivity contribution in [3.8, 4) is 33.4 Å². The van der Waals surface area contributed by atoms with Crippen LogP contribution < -0.4 is 15.6 Å². The molecular formula is C48H46Si. The molecule has 0 nitrogen and oxygen atoms in total. The van der Waals surface area contributed by atoms with Gasteiger partial charge in [-0.25, -0.2) is 0 Å². The first-order valence-corrected chi connectivity index (χ1v) is 19.6. The predicted molar refractivity (Wildman–Crippen MR) is 215 cm³/mol. The zero-order valence-corrected chi connectivity index (χ0v) is 30.9. The summed E-state index contributed by atoms with van der Waals surface area (Å²) in [7, 11) is -3.10. The average molecular weight is 651 g/mol. The summed E-state index contributed by atoms with van der Waals surface area (Å²) in [6.45, 7) is 16.2. The van der Waals surface area contributed by atoms with Crippen LogP contribution in [0.2, 0.25) is 0 Å². The lowest BCUT2D eigenvalue weighted by molar-refractivity contribution is 0.852. The van der Waals surface area contributed by atoms with Crippen LogP contribution in [-0.4, -0.2) is 8.07 Å². The van der Waals surface area contributed by atoms with Gasteiger partial charge in [-0.2, -0.15) is 0 Å². The van der Waals surface area contributed by atoms with Crippen molar-refractivity contribution in [2.45, 2.75) is 48.5 Å². The third kappa shape index (κ3) is 5.57. The number of rotatable bonds is 7. The monoisotopic (exact) mass is 650 g/mol. The third-order valence-corrected chi connectivity index (χ3v) is 16.4. The van der Waals surface area contributed by atoms with E-state index in [0.717, 1.165) is 0 Å². The van der Waals surface area contributed by atoms with Crippen molar-refractivity contribution in [1.29, 1.82) is 0 Å². The van der Waals surface area contributed by atoms with Gasteiger partial charge in [-0.3, -0.25) is 0 Å². The lowest BCUT2D eigenvalue weighted by Crippen LogP contribution is -2.71. The van der Waals surface area contributed by atoms with E-state index in [4.69, 9.17) is 0 Å². The fraction of sp³-hybridized carbons (Fsp3) is 0.167. The molecule has 0 saturated heterocycles. The SMILES string of the molecule is CC1=C(C)C(C)C([Si](c2ccccc2-c2cccc(C)c2)(c2ccccc2-c2cccc(C)c2)c2ccccc2-c2cccc(C)c2)=C1C. The van der Waals surface area contributed by atoms with E-state index < -0.39 is 8.07 Å². The minimum absolute atomic E-state index is 0.299. The van der Waals surface area contributed by atoms with Crippen LogP contribution in [-0.2, 0) is 0 Å². The van der Waals surface area contributed by atoms with E-state index in [2.05, 4.69) is 194 Å². The Bertz CT molecular complexity index is 2050. The van der Waals surface area contributed by atoms with Gasteiger partial charge >= 0.3 is 0 Å². The maximum absolute atomic E-state index is 3.10. The van der Waals surface area contributed by atoms with E-state index in [1.165, 1.54) is 82.4 Å². The molecule has 1 aliphatic carbocycles. The van der Waals surface area contributed by atoms with Crippen molar-refractivity contribution in [2.75, 3.05) is 0 Å². The highest BCUT2D eigenvalue weighted by molar-refractivity contribution is 7.18. The van der Waals surface area contributed by atoms with Crippen molar-refractivity contribution < 1.29 is 0 Å². The second-order valence-corrected chi connectivity index (χ2v) is 17.7. The summed E-state index contributed by atoms with van der Waals surface area (Å²) in [4.78, 5) is 0. The Kier molecular flexibility index (Phi) is 8.73. The van der Waals surface area contributed by atoms with Gasteiger partial charge in [0, 0.05) is 0 Å². The standard InChI is InChI=1S/C48H46Si/c1-32-17-14-20-39(29-32)42-23-8-11-26-45(42)49(48-37(6)35(4)36(5)38(48)7,46-27-12-9-24-43(46)40-21-15-18-33(2)30-40)47-28-13-10-25-44(47)41-22-16-19-34(3)31-41/h8-31,37H,1-7H3. The molecule has 0 fully saturated rings. The Hall–Kier alpha value is -4.98. The molecule has 1 atom stereocenters. The molecule has 242 valence electrons. The average Bonchev–Trinajstić information content (AvgIpc) is 3.31. The van der Waals surface area contributed by atoms with E-state index in [9.17, 15) is 0 Å². The molecule has 0 saturated carbocycles. The Morgan fingerprint density at radius 2 is 0.735 bits per heavy atom. The van der Waals surface area contributed by atoms with Crippen LogP contribution in [0.1, 0.15) is 44.4 Å². The van der Waals surface area contributed by atoms with Crippen molar-refractivity contribution >= 4 is 23.6 Å². The Labute approximate surface area is 294 Å². The van der Waals surface area contributed by atoms with Crippen LogP contribution in [0.4, 0.5) is 0 Å².